The molecule has 0 spiro atoms. The molecule has 1 saturated heterocycles. The molecule has 0 radical (unpaired) electrons. The average Bonchev–Trinajstić information content (AvgIpc) is 2.41. The fraction of sp³-hybridized carbons (Fsp3) is 0.385. The van der Waals surface area contributed by atoms with Crippen LogP contribution in [0, 0.1) is 11.7 Å². The quantitative estimate of drug-likeness (QED) is 0.774. The largest absolute Gasteiger partial charge is 0.478 e. The van der Waals surface area contributed by atoms with Gasteiger partial charge in [0.2, 0.25) is 5.91 Å². The Morgan fingerprint density at radius 3 is 2.63 bits per heavy atom. The highest BCUT2D eigenvalue weighted by atomic mass is 19.1. The van der Waals surface area contributed by atoms with Crippen LogP contribution in [0.3, 0.4) is 0 Å². The molecule has 1 aliphatic heterocycles. The summed E-state index contributed by atoms with van der Waals surface area (Å²) in [5.74, 6) is -2.53. The molecule has 3 N–H and O–H groups in total. The van der Waals surface area contributed by atoms with Crippen molar-refractivity contribution in [2.24, 2.45) is 5.92 Å². The Balaban J connectivity index is 2.18. The van der Waals surface area contributed by atoms with Crippen LogP contribution >= 0.6 is 0 Å². The molecule has 102 valence electrons. The van der Waals surface area contributed by atoms with E-state index < -0.39 is 11.8 Å². The minimum atomic E-state index is -1.26. The van der Waals surface area contributed by atoms with Crippen LogP contribution < -0.4 is 10.6 Å². The lowest BCUT2D eigenvalue weighted by molar-refractivity contribution is -0.120. The molecule has 1 fully saturated rings. The summed E-state index contributed by atoms with van der Waals surface area (Å²) in [5, 5.41) is 14.5. The number of hydrogen-bond donors (Lipinski definition) is 3. The zero-order valence-corrected chi connectivity index (χ0v) is 10.3. The number of halogens is 1. The summed E-state index contributed by atoms with van der Waals surface area (Å²) in [4.78, 5) is 23.0. The zero-order chi connectivity index (χ0) is 13.8. The van der Waals surface area contributed by atoms with Gasteiger partial charge < -0.3 is 15.7 Å². The minimum Gasteiger partial charge on any atom is -0.478 e. The maximum absolute atomic E-state index is 13.6. The maximum Gasteiger partial charge on any atom is 0.337 e. The van der Waals surface area contributed by atoms with Crippen molar-refractivity contribution in [3.05, 3.63) is 29.6 Å². The number of anilines is 1. The Bertz CT molecular complexity index is 499. The Labute approximate surface area is 109 Å². The lowest BCUT2D eigenvalue weighted by Gasteiger charge is -2.22. The summed E-state index contributed by atoms with van der Waals surface area (Å²) < 4.78 is 13.6. The van der Waals surface area contributed by atoms with Crippen molar-refractivity contribution < 1.29 is 19.1 Å². The number of para-hydroxylation sites is 1. The van der Waals surface area contributed by atoms with E-state index in [4.69, 9.17) is 5.11 Å². The summed E-state index contributed by atoms with van der Waals surface area (Å²) in [7, 11) is 0. The standard InChI is InChI=1S/C13H15FN2O3/c14-10-3-1-2-9(13(18)19)11(10)16-12(17)8-4-6-15-7-5-8/h1-3,8,15H,4-7H2,(H,16,17)(H,18,19). The number of rotatable bonds is 3. The maximum atomic E-state index is 13.6. The second-order valence-electron chi connectivity index (χ2n) is 4.48. The molecule has 5 nitrogen and oxygen atoms in total. The number of carbonyl (C=O) groups excluding carboxylic acids is 1. The number of aromatic carboxylic acids is 1. The van der Waals surface area contributed by atoms with E-state index in [-0.39, 0.29) is 23.1 Å². The second kappa shape index (κ2) is 5.79. The third-order valence-electron chi connectivity index (χ3n) is 3.20. The summed E-state index contributed by atoms with van der Waals surface area (Å²) >= 11 is 0. The molecule has 0 bridgehead atoms. The Kier molecular flexibility index (Phi) is 4.11. The van der Waals surface area contributed by atoms with E-state index >= 15 is 0 Å². The number of hydrogen-bond acceptors (Lipinski definition) is 3. The van der Waals surface area contributed by atoms with Crippen molar-refractivity contribution in [2.45, 2.75) is 12.8 Å². The molecule has 2 rings (SSSR count). The van der Waals surface area contributed by atoms with Crippen LogP contribution in [-0.2, 0) is 4.79 Å². The molecule has 0 atom stereocenters. The van der Waals surface area contributed by atoms with Crippen molar-refractivity contribution in [1.82, 2.24) is 5.32 Å². The topological polar surface area (TPSA) is 78.4 Å². The predicted molar refractivity (Wildman–Crippen MR) is 67.6 cm³/mol. The van der Waals surface area contributed by atoms with Crippen LogP contribution in [0.5, 0.6) is 0 Å². The Morgan fingerprint density at radius 1 is 1.32 bits per heavy atom. The van der Waals surface area contributed by atoms with Gasteiger partial charge in [-0.2, -0.15) is 0 Å². The summed E-state index contributed by atoms with van der Waals surface area (Å²) in [6, 6.07) is 3.70. The molecular weight excluding hydrogens is 251 g/mol. The number of piperidine rings is 1. The molecule has 0 aromatic heterocycles. The first-order valence-corrected chi connectivity index (χ1v) is 6.13. The van der Waals surface area contributed by atoms with Gasteiger partial charge in [0, 0.05) is 5.92 Å². The van der Waals surface area contributed by atoms with Gasteiger partial charge in [0.05, 0.1) is 11.3 Å². The molecule has 0 unspecified atom stereocenters. The third kappa shape index (κ3) is 3.08. The van der Waals surface area contributed by atoms with E-state index in [1.807, 2.05) is 0 Å². The average molecular weight is 266 g/mol. The predicted octanol–water partition coefficient (Wildman–Crippen LogP) is 1.46. The van der Waals surface area contributed by atoms with Crippen LogP contribution in [0.15, 0.2) is 18.2 Å². The molecule has 1 aromatic carbocycles. The van der Waals surface area contributed by atoms with Crippen LogP contribution in [0.4, 0.5) is 10.1 Å². The zero-order valence-electron chi connectivity index (χ0n) is 10.3. The summed E-state index contributed by atoms with van der Waals surface area (Å²) in [6.45, 7) is 1.47. The van der Waals surface area contributed by atoms with Crippen molar-refractivity contribution >= 4 is 17.6 Å². The minimum absolute atomic E-state index is 0.206. The van der Waals surface area contributed by atoms with Gasteiger partial charge in [-0.3, -0.25) is 4.79 Å². The molecule has 6 heteroatoms. The number of amides is 1. The van der Waals surface area contributed by atoms with E-state index in [1.54, 1.807) is 0 Å². The van der Waals surface area contributed by atoms with Crippen molar-refractivity contribution in [1.29, 1.82) is 0 Å². The fourth-order valence-electron chi connectivity index (χ4n) is 2.14. The molecule has 0 saturated carbocycles. The molecule has 0 aliphatic carbocycles. The van der Waals surface area contributed by atoms with Crippen molar-refractivity contribution in [2.75, 3.05) is 18.4 Å². The first-order chi connectivity index (χ1) is 9.09. The normalized spacial score (nSPS) is 16.1. The summed E-state index contributed by atoms with van der Waals surface area (Å²) in [6.07, 6.45) is 1.34. The molecule has 1 aromatic rings. The first kappa shape index (κ1) is 13.5. The van der Waals surface area contributed by atoms with Crippen molar-refractivity contribution in [3.8, 4) is 0 Å². The van der Waals surface area contributed by atoms with Gasteiger partial charge in [0.25, 0.3) is 0 Å². The molecule has 1 aliphatic rings. The number of carboxylic acids is 1. The Morgan fingerprint density at radius 2 is 2.00 bits per heavy atom. The Hall–Kier alpha value is -1.95. The third-order valence-corrected chi connectivity index (χ3v) is 3.20. The number of nitrogens with one attached hydrogen (secondary N) is 2. The van der Waals surface area contributed by atoms with Gasteiger partial charge in [-0.25, -0.2) is 9.18 Å². The van der Waals surface area contributed by atoms with Gasteiger partial charge in [-0.05, 0) is 38.1 Å². The van der Waals surface area contributed by atoms with E-state index in [0.717, 1.165) is 19.2 Å². The molecule has 19 heavy (non-hydrogen) atoms. The van der Waals surface area contributed by atoms with Crippen molar-refractivity contribution in [3.63, 3.8) is 0 Å². The highest BCUT2D eigenvalue weighted by Gasteiger charge is 2.23. The lowest BCUT2D eigenvalue weighted by atomic mass is 9.97. The highest BCUT2D eigenvalue weighted by molar-refractivity contribution is 6.01. The SMILES string of the molecule is O=C(O)c1cccc(F)c1NC(=O)C1CCNCC1. The van der Waals surface area contributed by atoms with Gasteiger partial charge >= 0.3 is 5.97 Å². The lowest BCUT2D eigenvalue weighted by Crippen LogP contribution is -2.35. The van der Waals surface area contributed by atoms with Gasteiger partial charge in [0.15, 0.2) is 0 Å². The van der Waals surface area contributed by atoms with E-state index in [0.29, 0.717) is 12.8 Å². The molecule has 1 amide bonds. The number of benzene rings is 1. The monoisotopic (exact) mass is 266 g/mol. The summed E-state index contributed by atoms with van der Waals surface area (Å²) in [5.41, 5.74) is -0.485. The van der Waals surface area contributed by atoms with Crippen LogP contribution in [-0.4, -0.2) is 30.1 Å². The first-order valence-electron chi connectivity index (χ1n) is 6.13. The highest BCUT2D eigenvalue weighted by Crippen LogP contribution is 2.22. The van der Waals surface area contributed by atoms with Gasteiger partial charge in [-0.1, -0.05) is 6.07 Å². The van der Waals surface area contributed by atoms with E-state index in [9.17, 15) is 14.0 Å². The number of carbonyl (C=O) groups is 2. The van der Waals surface area contributed by atoms with Gasteiger partial charge in [0.1, 0.15) is 5.82 Å². The fourth-order valence-corrected chi connectivity index (χ4v) is 2.14. The van der Waals surface area contributed by atoms with Crippen LogP contribution in [0.1, 0.15) is 23.2 Å². The second-order valence-corrected chi connectivity index (χ2v) is 4.48. The van der Waals surface area contributed by atoms with Crippen LogP contribution in [0.25, 0.3) is 0 Å². The van der Waals surface area contributed by atoms with Crippen LogP contribution in [0.2, 0.25) is 0 Å². The molecular formula is C13H15FN2O3. The number of carboxylic acid groups (broad SMARTS) is 1. The smallest absolute Gasteiger partial charge is 0.337 e. The van der Waals surface area contributed by atoms with E-state index in [1.165, 1.54) is 12.1 Å². The molecule has 1 heterocycles. The van der Waals surface area contributed by atoms with E-state index in [2.05, 4.69) is 10.6 Å². The van der Waals surface area contributed by atoms with Gasteiger partial charge in [-0.15, -0.1) is 0 Å².